The fourth-order valence-electron chi connectivity index (χ4n) is 1.25. The molecule has 0 fully saturated rings. The van der Waals surface area contributed by atoms with Crippen LogP contribution in [0.3, 0.4) is 0 Å². The number of nitrogen functional groups attached to an aromatic ring is 1. The van der Waals surface area contributed by atoms with E-state index in [1.807, 2.05) is 6.92 Å². The first-order valence-electron chi connectivity index (χ1n) is 5.49. The van der Waals surface area contributed by atoms with Crippen molar-refractivity contribution < 1.29 is 5.11 Å². The van der Waals surface area contributed by atoms with E-state index >= 15 is 0 Å². The van der Waals surface area contributed by atoms with Gasteiger partial charge in [-0.05, 0) is 6.92 Å². The molecule has 0 aromatic carbocycles. The summed E-state index contributed by atoms with van der Waals surface area (Å²) in [4.78, 5) is 8.94. The number of nitrogens with one attached hydrogen (secondary N) is 1. The van der Waals surface area contributed by atoms with Gasteiger partial charge >= 0.3 is 0 Å². The van der Waals surface area contributed by atoms with Crippen molar-refractivity contribution in [2.24, 2.45) is 5.84 Å². The van der Waals surface area contributed by atoms with E-state index in [4.69, 9.17) is 10.9 Å². The zero-order valence-corrected chi connectivity index (χ0v) is 11.6. The smallest absolute Gasteiger partial charge is 0.147 e. The predicted molar refractivity (Wildman–Crippen MR) is 71.1 cm³/mol. The Morgan fingerprint density at radius 3 is 2.47 bits per heavy atom. The maximum atomic E-state index is 8.87. The summed E-state index contributed by atoms with van der Waals surface area (Å²) in [5.41, 5.74) is 3.38. The van der Waals surface area contributed by atoms with Crippen LogP contribution in [0.25, 0.3) is 0 Å². The molecular formula is C11H20N4OS. The van der Waals surface area contributed by atoms with Crippen LogP contribution in [0.1, 0.15) is 32.2 Å². The van der Waals surface area contributed by atoms with Gasteiger partial charge in [0.25, 0.3) is 0 Å². The lowest BCUT2D eigenvalue weighted by Gasteiger charge is -2.19. The van der Waals surface area contributed by atoms with Gasteiger partial charge in [0.2, 0.25) is 0 Å². The molecule has 0 saturated carbocycles. The Morgan fingerprint density at radius 2 is 2.00 bits per heavy atom. The minimum absolute atomic E-state index is 0.129. The summed E-state index contributed by atoms with van der Waals surface area (Å²) in [6.07, 6.45) is 0. The SMILES string of the molecule is Cc1c(NN)nc(C(C)(C)C)nc1SCCO. The standard InChI is InChI=1S/C11H20N4OS/c1-7-8(15-12)13-10(11(2,3)4)14-9(7)17-6-5-16/h16H,5-6,12H2,1-4H3,(H,13,14,15). The van der Waals surface area contributed by atoms with Gasteiger partial charge in [0.15, 0.2) is 0 Å². The number of nitrogens with zero attached hydrogens (tertiary/aromatic N) is 2. The number of hydrazine groups is 1. The molecule has 0 aliphatic rings. The zero-order chi connectivity index (χ0) is 13.1. The van der Waals surface area contributed by atoms with Gasteiger partial charge in [-0.1, -0.05) is 20.8 Å². The molecule has 0 aliphatic carbocycles. The summed E-state index contributed by atoms with van der Waals surface area (Å²) in [6, 6.07) is 0. The Labute approximate surface area is 106 Å². The van der Waals surface area contributed by atoms with E-state index in [9.17, 15) is 0 Å². The molecule has 0 saturated heterocycles. The highest BCUT2D eigenvalue weighted by Gasteiger charge is 2.20. The molecule has 4 N–H and O–H groups in total. The molecule has 0 unspecified atom stereocenters. The van der Waals surface area contributed by atoms with Crippen molar-refractivity contribution in [3.63, 3.8) is 0 Å². The van der Waals surface area contributed by atoms with Gasteiger partial charge in [0.05, 0.1) is 6.61 Å². The maximum absolute atomic E-state index is 8.87. The molecule has 17 heavy (non-hydrogen) atoms. The highest BCUT2D eigenvalue weighted by molar-refractivity contribution is 7.99. The van der Waals surface area contributed by atoms with Gasteiger partial charge in [-0.25, -0.2) is 15.8 Å². The molecule has 1 aromatic rings. The summed E-state index contributed by atoms with van der Waals surface area (Å²) in [6.45, 7) is 8.21. The minimum Gasteiger partial charge on any atom is -0.396 e. The number of aliphatic hydroxyl groups is 1. The quantitative estimate of drug-likeness (QED) is 0.327. The summed E-state index contributed by atoms with van der Waals surface area (Å²) in [5, 5.41) is 9.74. The lowest BCUT2D eigenvalue weighted by Crippen LogP contribution is -2.20. The minimum atomic E-state index is -0.131. The molecule has 0 radical (unpaired) electrons. The third-order valence-corrected chi connectivity index (χ3v) is 3.30. The third-order valence-electron chi connectivity index (χ3n) is 2.24. The first-order chi connectivity index (χ1) is 7.90. The highest BCUT2D eigenvalue weighted by atomic mass is 32.2. The fourth-order valence-corrected chi connectivity index (χ4v) is 2.00. The third kappa shape index (κ3) is 3.55. The van der Waals surface area contributed by atoms with E-state index in [-0.39, 0.29) is 12.0 Å². The van der Waals surface area contributed by atoms with Crippen molar-refractivity contribution in [1.82, 2.24) is 9.97 Å². The van der Waals surface area contributed by atoms with Crippen LogP contribution in [0, 0.1) is 6.92 Å². The van der Waals surface area contributed by atoms with Crippen LogP contribution < -0.4 is 11.3 Å². The van der Waals surface area contributed by atoms with Crippen molar-refractivity contribution in [2.75, 3.05) is 17.8 Å². The fraction of sp³-hybridized carbons (Fsp3) is 0.636. The second-order valence-corrected chi connectivity index (χ2v) is 5.88. The summed E-state index contributed by atoms with van der Waals surface area (Å²) < 4.78 is 0. The maximum Gasteiger partial charge on any atom is 0.147 e. The molecule has 1 heterocycles. The molecule has 0 atom stereocenters. The molecule has 0 bridgehead atoms. The predicted octanol–water partition coefficient (Wildman–Crippen LogP) is 1.45. The first kappa shape index (κ1) is 14.2. The first-order valence-corrected chi connectivity index (χ1v) is 6.48. The van der Waals surface area contributed by atoms with Crippen molar-refractivity contribution in [3.8, 4) is 0 Å². The van der Waals surface area contributed by atoms with Crippen LogP contribution in [-0.2, 0) is 5.41 Å². The zero-order valence-electron chi connectivity index (χ0n) is 10.7. The molecule has 1 aromatic heterocycles. The highest BCUT2D eigenvalue weighted by Crippen LogP contribution is 2.28. The van der Waals surface area contributed by atoms with Crippen LogP contribution >= 0.6 is 11.8 Å². The van der Waals surface area contributed by atoms with Gasteiger partial charge in [-0.15, -0.1) is 11.8 Å². The molecule has 96 valence electrons. The van der Waals surface area contributed by atoms with Gasteiger partial charge in [-0.2, -0.15) is 0 Å². The number of aromatic nitrogens is 2. The molecule has 0 spiro atoms. The Hall–Kier alpha value is -0.850. The number of aliphatic hydroxyl groups excluding tert-OH is 1. The molecule has 1 rings (SSSR count). The monoisotopic (exact) mass is 256 g/mol. The van der Waals surface area contributed by atoms with E-state index in [0.717, 1.165) is 16.4 Å². The van der Waals surface area contributed by atoms with Crippen molar-refractivity contribution in [2.45, 2.75) is 38.1 Å². The van der Waals surface area contributed by atoms with E-state index in [2.05, 4.69) is 36.2 Å². The molecule has 5 nitrogen and oxygen atoms in total. The Morgan fingerprint density at radius 1 is 1.35 bits per heavy atom. The number of anilines is 1. The van der Waals surface area contributed by atoms with Crippen LogP contribution in [0.2, 0.25) is 0 Å². The van der Waals surface area contributed by atoms with E-state index in [0.29, 0.717) is 11.6 Å². The molecule has 0 amide bonds. The average Bonchev–Trinajstić information content (AvgIpc) is 2.26. The molecule has 6 heteroatoms. The van der Waals surface area contributed by atoms with Gasteiger partial charge in [0, 0.05) is 16.7 Å². The number of nitrogens with two attached hydrogens (primary N) is 1. The lowest BCUT2D eigenvalue weighted by atomic mass is 9.95. The lowest BCUT2D eigenvalue weighted by molar-refractivity contribution is 0.322. The molecular weight excluding hydrogens is 236 g/mol. The second kappa shape index (κ2) is 5.66. The Bertz CT molecular complexity index is 390. The van der Waals surface area contributed by atoms with E-state index in [1.54, 1.807) is 0 Å². The van der Waals surface area contributed by atoms with Crippen LogP contribution in [0.15, 0.2) is 5.03 Å². The Kier molecular flexibility index (Phi) is 4.73. The van der Waals surface area contributed by atoms with Gasteiger partial charge < -0.3 is 10.5 Å². The number of thioether (sulfide) groups is 1. The summed E-state index contributed by atoms with van der Waals surface area (Å²) in [5.74, 6) is 7.47. The van der Waals surface area contributed by atoms with Gasteiger partial charge in [-0.3, -0.25) is 0 Å². The van der Waals surface area contributed by atoms with Crippen LogP contribution in [-0.4, -0.2) is 27.4 Å². The summed E-state index contributed by atoms with van der Waals surface area (Å²) in [7, 11) is 0. The largest absolute Gasteiger partial charge is 0.396 e. The number of hydrogen-bond acceptors (Lipinski definition) is 6. The van der Waals surface area contributed by atoms with Crippen molar-refractivity contribution >= 4 is 17.6 Å². The number of hydrogen-bond donors (Lipinski definition) is 3. The van der Waals surface area contributed by atoms with Crippen LogP contribution in [0.5, 0.6) is 0 Å². The second-order valence-electron chi connectivity index (χ2n) is 4.79. The topological polar surface area (TPSA) is 84.1 Å². The van der Waals surface area contributed by atoms with E-state index in [1.165, 1.54) is 11.8 Å². The number of rotatable bonds is 4. The normalized spacial score (nSPS) is 11.6. The van der Waals surface area contributed by atoms with E-state index < -0.39 is 0 Å². The molecule has 0 aliphatic heterocycles. The van der Waals surface area contributed by atoms with Crippen molar-refractivity contribution in [3.05, 3.63) is 11.4 Å². The average molecular weight is 256 g/mol. The van der Waals surface area contributed by atoms with Crippen molar-refractivity contribution in [1.29, 1.82) is 0 Å². The summed E-state index contributed by atoms with van der Waals surface area (Å²) >= 11 is 1.51. The Balaban J connectivity index is 3.19. The van der Waals surface area contributed by atoms with Gasteiger partial charge in [0.1, 0.15) is 16.7 Å². The van der Waals surface area contributed by atoms with Crippen LogP contribution in [0.4, 0.5) is 5.82 Å².